The molecule has 6 heteroatoms. The van der Waals surface area contributed by atoms with Crippen LogP contribution in [0, 0.1) is 0 Å². The van der Waals surface area contributed by atoms with Crippen LogP contribution in [0.3, 0.4) is 0 Å². The van der Waals surface area contributed by atoms with Crippen molar-refractivity contribution in [3.63, 3.8) is 0 Å². The lowest BCUT2D eigenvalue weighted by Crippen LogP contribution is -2.30. The van der Waals surface area contributed by atoms with E-state index >= 15 is 0 Å². The lowest BCUT2D eigenvalue weighted by Gasteiger charge is -2.06. The molecule has 0 aromatic heterocycles. The lowest BCUT2D eigenvalue weighted by molar-refractivity contribution is -0.118. The van der Waals surface area contributed by atoms with Gasteiger partial charge in [-0.3, -0.25) is 4.79 Å². The molecule has 0 unspecified atom stereocenters. The zero-order valence-electron chi connectivity index (χ0n) is 9.73. The van der Waals surface area contributed by atoms with E-state index in [9.17, 15) is 13.2 Å². The fraction of sp³-hybridized carbons (Fsp3) is 0.250. The summed E-state index contributed by atoms with van der Waals surface area (Å²) in [6.07, 6.45) is 1.26. The Morgan fingerprint density at radius 2 is 2.06 bits per heavy atom. The van der Waals surface area contributed by atoms with Crippen molar-refractivity contribution in [2.45, 2.75) is 6.54 Å². The highest BCUT2D eigenvalue weighted by Gasteiger charge is 2.14. The fourth-order valence-electron chi connectivity index (χ4n) is 1.32. The quantitative estimate of drug-likeness (QED) is 0.808. The molecule has 0 spiro atoms. The third kappa shape index (κ3) is 4.89. The molecule has 98 valence electrons. The first-order valence-electron chi connectivity index (χ1n) is 5.26. The van der Waals surface area contributed by atoms with Crippen molar-refractivity contribution in [3.8, 4) is 0 Å². The number of hydrogen-bond donors (Lipinski definition) is 1. The zero-order valence-corrected chi connectivity index (χ0v) is 11.3. The fourth-order valence-corrected chi connectivity index (χ4v) is 2.51. The number of benzene rings is 1. The van der Waals surface area contributed by atoms with Gasteiger partial charge < -0.3 is 5.32 Å². The largest absolute Gasteiger partial charge is 0.351 e. The van der Waals surface area contributed by atoms with Gasteiger partial charge in [-0.05, 0) is 11.6 Å². The van der Waals surface area contributed by atoms with E-state index in [2.05, 4.69) is 11.9 Å². The number of hydrogen-bond acceptors (Lipinski definition) is 3. The Kier molecular flexibility index (Phi) is 5.37. The topological polar surface area (TPSA) is 63.2 Å². The number of nitrogens with one attached hydrogen (secondary N) is 1. The molecule has 0 aliphatic rings. The number of sulfone groups is 1. The van der Waals surface area contributed by atoms with Crippen LogP contribution in [0.15, 0.2) is 36.9 Å². The number of halogens is 1. The predicted octanol–water partition coefficient (Wildman–Crippen LogP) is 1.56. The van der Waals surface area contributed by atoms with E-state index in [-0.39, 0.29) is 12.3 Å². The molecule has 0 saturated heterocycles. The molecule has 0 aliphatic carbocycles. The number of rotatable bonds is 6. The van der Waals surface area contributed by atoms with Gasteiger partial charge in [0.05, 0.1) is 5.75 Å². The van der Waals surface area contributed by atoms with Crippen LogP contribution in [0.1, 0.15) is 5.56 Å². The van der Waals surface area contributed by atoms with Gasteiger partial charge in [-0.15, -0.1) is 6.58 Å². The van der Waals surface area contributed by atoms with Gasteiger partial charge in [0, 0.05) is 11.6 Å². The summed E-state index contributed by atoms with van der Waals surface area (Å²) >= 11 is 5.91. The second-order valence-corrected chi connectivity index (χ2v) is 6.23. The van der Waals surface area contributed by atoms with Crippen LogP contribution in [-0.2, 0) is 21.2 Å². The molecule has 0 heterocycles. The van der Waals surface area contributed by atoms with Gasteiger partial charge in [-0.1, -0.05) is 35.9 Å². The molecule has 0 bridgehead atoms. The molecule has 0 fully saturated rings. The summed E-state index contributed by atoms with van der Waals surface area (Å²) in [5.74, 6) is -1.28. The van der Waals surface area contributed by atoms with E-state index in [1.54, 1.807) is 24.3 Å². The first-order chi connectivity index (χ1) is 8.44. The Morgan fingerprint density at radius 3 is 2.67 bits per heavy atom. The van der Waals surface area contributed by atoms with Crippen LogP contribution in [0.25, 0.3) is 0 Å². The highest BCUT2D eigenvalue weighted by Crippen LogP contribution is 2.14. The van der Waals surface area contributed by atoms with Crippen molar-refractivity contribution in [3.05, 3.63) is 47.5 Å². The summed E-state index contributed by atoms with van der Waals surface area (Å²) in [6.45, 7) is 3.54. The molecule has 0 radical (unpaired) electrons. The van der Waals surface area contributed by atoms with E-state index in [0.29, 0.717) is 5.02 Å². The first-order valence-corrected chi connectivity index (χ1v) is 7.46. The Labute approximate surface area is 112 Å². The summed E-state index contributed by atoms with van der Waals surface area (Å²) in [7, 11) is -3.41. The SMILES string of the molecule is C=CCS(=O)(=O)CC(=O)NCc1ccccc1Cl. The maximum atomic E-state index is 11.5. The van der Waals surface area contributed by atoms with E-state index in [1.165, 1.54) is 6.08 Å². The molecule has 0 atom stereocenters. The van der Waals surface area contributed by atoms with Crippen LogP contribution in [0.5, 0.6) is 0 Å². The zero-order chi connectivity index (χ0) is 13.6. The van der Waals surface area contributed by atoms with Crippen molar-refractivity contribution >= 4 is 27.3 Å². The minimum atomic E-state index is -3.41. The predicted molar refractivity (Wildman–Crippen MR) is 72.1 cm³/mol. The number of amides is 1. The lowest BCUT2D eigenvalue weighted by atomic mass is 10.2. The first kappa shape index (κ1) is 14.7. The van der Waals surface area contributed by atoms with E-state index < -0.39 is 21.5 Å². The Bertz CT molecular complexity index is 540. The monoisotopic (exact) mass is 287 g/mol. The van der Waals surface area contributed by atoms with E-state index in [1.807, 2.05) is 0 Å². The highest BCUT2D eigenvalue weighted by molar-refractivity contribution is 7.92. The highest BCUT2D eigenvalue weighted by atomic mass is 35.5. The Morgan fingerprint density at radius 1 is 1.39 bits per heavy atom. The Hall–Kier alpha value is -1.33. The molecule has 0 aliphatic heterocycles. The standard InChI is InChI=1S/C12H14ClNO3S/c1-2-7-18(16,17)9-12(15)14-8-10-5-3-4-6-11(10)13/h2-6H,1,7-9H2,(H,14,15). The van der Waals surface area contributed by atoms with Gasteiger partial charge >= 0.3 is 0 Å². The molecule has 1 amide bonds. The third-order valence-corrected chi connectivity index (χ3v) is 3.97. The molecular formula is C12H14ClNO3S. The van der Waals surface area contributed by atoms with E-state index in [4.69, 9.17) is 11.6 Å². The van der Waals surface area contributed by atoms with Crippen molar-refractivity contribution in [2.24, 2.45) is 0 Å². The van der Waals surface area contributed by atoms with Gasteiger partial charge in [0.25, 0.3) is 0 Å². The molecule has 4 nitrogen and oxygen atoms in total. The van der Waals surface area contributed by atoms with Gasteiger partial charge in [0.15, 0.2) is 9.84 Å². The van der Waals surface area contributed by atoms with Gasteiger partial charge in [-0.2, -0.15) is 0 Å². The average Bonchev–Trinajstić information content (AvgIpc) is 2.27. The minimum Gasteiger partial charge on any atom is -0.351 e. The second kappa shape index (κ2) is 6.56. The number of carbonyl (C=O) groups is 1. The van der Waals surface area contributed by atoms with Crippen molar-refractivity contribution < 1.29 is 13.2 Å². The maximum absolute atomic E-state index is 11.5. The van der Waals surface area contributed by atoms with Crippen molar-refractivity contribution in [2.75, 3.05) is 11.5 Å². The van der Waals surface area contributed by atoms with Crippen LogP contribution in [0.4, 0.5) is 0 Å². The number of carbonyl (C=O) groups excluding carboxylic acids is 1. The van der Waals surface area contributed by atoms with Gasteiger partial charge in [0.2, 0.25) is 5.91 Å². The van der Waals surface area contributed by atoms with Crippen LogP contribution >= 0.6 is 11.6 Å². The summed E-state index contributed by atoms with van der Waals surface area (Å²) in [5.41, 5.74) is 0.744. The summed E-state index contributed by atoms with van der Waals surface area (Å²) < 4.78 is 22.7. The average molecular weight is 288 g/mol. The molecule has 1 rings (SSSR count). The van der Waals surface area contributed by atoms with Crippen molar-refractivity contribution in [1.82, 2.24) is 5.32 Å². The molecule has 1 aromatic rings. The van der Waals surface area contributed by atoms with Crippen molar-refractivity contribution in [1.29, 1.82) is 0 Å². The Balaban J connectivity index is 2.52. The summed E-state index contributed by atoms with van der Waals surface area (Å²) in [6, 6.07) is 7.04. The molecule has 1 aromatic carbocycles. The molecule has 18 heavy (non-hydrogen) atoms. The maximum Gasteiger partial charge on any atom is 0.235 e. The van der Waals surface area contributed by atoms with Crippen LogP contribution in [-0.4, -0.2) is 25.8 Å². The van der Waals surface area contributed by atoms with Gasteiger partial charge in [0.1, 0.15) is 5.75 Å². The smallest absolute Gasteiger partial charge is 0.235 e. The minimum absolute atomic E-state index is 0.202. The van der Waals surface area contributed by atoms with Gasteiger partial charge in [-0.25, -0.2) is 8.42 Å². The second-order valence-electron chi connectivity index (χ2n) is 3.71. The summed E-state index contributed by atoms with van der Waals surface area (Å²) in [4.78, 5) is 11.5. The van der Waals surface area contributed by atoms with Crippen LogP contribution < -0.4 is 5.32 Å². The van der Waals surface area contributed by atoms with Crippen LogP contribution in [0.2, 0.25) is 5.02 Å². The van der Waals surface area contributed by atoms with E-state index in [0.717, 1.165) is 5.56 Å². The molecule has 0 saturated carbocycles. The molecule has 1 N–H and O–H groups in total. The summed E-state index contributed by atoms with van der Waals surface area (Å²) in [5, 5.41) is 3.05. The normalized spacial score (nSPS) is 10.9. The third-order valence-electron chi connectivity index (χ3n) is 2.16. The molecular weight excluding hydrogens is 274 g/mol.